The van der Waals surface area contributed by atoms with Gasteiger partial charge >= 0.3 is 12.0 Å². The fourth-order valence-electron chi connectivity index (χ4n) is 3.38. The van der Waals surface area contributed by atoms with Crippen LogP contribution in [0.5, 0.6) is 0 Å². The molecule has 8 nitrogen and oxygen atoms in total. The second-order valence-corrected chi connectivity index (χ2v) is 8.47. The molecule has 0 aliphatic heterocycles. The molecule has 7 N–H and O–H groups in total. The normalized spacial score (nSPS) is 15.1. The number of carbonyl (C=O) groups excluding carboxylic acids is 3. The van der Waals surface area contributed by atoms with Gasteiger partial charge in [-0.1, -0.05) is 36.4 Å². The van der Waals surface area contributed by atoms with Gasteiger partial charge in [0.2, 0.25) is 0 Å². The largest absolute Gasteiger partial charge is 0.461 e. The molecule has 164 valence electrons. The lowest BCUT2D eigenvalue weighted by molar-refractivity contribution is -0.150. The Kier molecular flexibility index (Phi) is 7.43. The highest BCUT2D eigenvalue weighted by Gasteiger charge is 2.22. The fourth-order valence-corrected chi connectivity index (χ4v) is 4.46. The van der Waals surface area contributed by atoms with Crippen molar-refractivity contribution in [3.8, 4) is 10.4 Å². The summed E-state index contributed by atoms with van der Waals surface area (Å²) < 4.78 is 5.43. The van der Waals surface area contributed by atoms with Gasteiger partial charge in [-0.05, 0) is 49.3 Å². The summed E-state index contributed by atoms with van der Waals surface area (Å²) in [5.74, 6) is -0.996. The SMILES string of the molecule is NC(=O)Nc1sc(-c2ccc(C=CC[C@H](N)C(=O)OC3CCCC3)cc2)cc1C(N)=O. The number of anilines is 1. The first-order chi connectivity index (χ1) is 14.8. The third-order valence-corrected chi connectivity index (χ3v) is 6.12. The van der Waals surface area contributed by atoms with E-state index in [0.29, 0.717) is 11.4 Å². The van der Waals surface area contributed by atoms with E-state index in [1.165, 1.54) is 11.3 Å². The topological polar surface area (TPSA) is 151 Å². The molecule has 0 spiro atoms. The van der Waals surface area contributed by atoms with Crippen LogP contribution in [0.1, 0.15) is 48.0 Å². The second kappa shape index (κ2) is 10.2. The Morgan fingerprint density at radius 1 is 1.16 bits per heavy atom. The van der Waals surface area contributed by atoms with Crippen molar-refractivity contribution in [2.75, 3.05) is 5.32 Å². The van der Waals surface area contributed by atoms with E-state index >= 15 is 0 Å². The van der Waals surface area contributed by atoms with Gasteiger partial charge in [0, 0.05) is 4.88 Å². The molecular weight excluding hydrogens is 416 g/mol. The number of hydrogen-bond donors (Lipinski definition) is 4. The Hall–Kier alpha value is -3.17. The van der Waals surface area contributed by atoms with Crippen LogP contribution in [-0.4, -0.2) is 30.1 Å². The number of rotatable bonds is 8. The molecule has 2 aromatic rings. The molecule has 1 fully saturated rings. The zero-order valence-corrected chi connectivity index (χ0v) is 17.8. The van der Waals surface area contributed by atoms with Gasteiger partial charge < -0.3 is 21.9 Å². The molecule has 1 aliphatic rings. The predicted molar refractivity (Wildman–Crippen MR) is 121 cm³/mol. The van der Waals surface area contributed by atoms with Gasteiger partial charge in [-0.2, -0.15) is 0 Å². The van der Waals surface area contributed by atoms with Gasteiger partial charge in [-0.3, -0.25) is 14.9 Å². The Balaban J connectivity index is 1.60. The quantitative estimate of drug-likeness (QED) is 0.463. The van der Waals surface area contributed by atoms with Crippen LogP contribution in [-0.2, 0) is 9.53 Å². The van der Waals surface area contributed by atoms with E-state index in [2.05, 4.69) is 5.32 Å². The van der Waals surface area contributed by atoms with Crippen LogP contribution in [0.3, 0.4) is 0 Å². The van der Waals surface area contributed by atoms with E-state index < -0.39 is 18.0 Å². The van der Waals surface area contributed by atoms with E-state index in [9.17, 15) is 14.4 Å². The molecule has 9 heteroatoms. The molecule has 0 saturated heterocycles. The minimum atomic E-state index is -0.762. The number of urea groups is 1. The summed E-state index contributed by atoms with van der Waals surface area (Å²) in [6.07, 6.45) is 8.18. The first-order valence-corrected chi connectivity index (χ1v) is 10.9. The molecule has 1 saturated carbocycles. The molecule has 1 aliphatic carbocycles. The number of carbonyl (C=O) groups is 3. The average Bonchev–Trinajstić information content (AvgIpc) is 3.38. The number of thiophene rings is 1. The maximum atomic E-state index is 12.0. The highest BCUT2D eigenvalue weighted by molar-refractivity contribution is 7.20. The van der Waals surface area contributed by atoms with Gasteiger partial charge in [0.15, 0.2) is 0 Å². The molecular formula is C22H26N4O4S. The summed E-state index contributed by atoms with van der Waals surface area (Å²) in [6.45, 7) is 0. The number of amides is 3. The van der Waals surface area contributed by atoms with Crippen molar-refractivity contribution in [1.82, 2.24) is 0 Å². The molecule has 1 atom stereocenters. The minimum Gasteiger partial charge on any atom is -0.461 e. The first-order valence-electron chi connectivity index (χ1n) is 10.1. The van der Waals surface area contributed by atoms with Gasteiger partial charge in [-0.25, -0.2) is 4.79 Å². The van der Waals surface area contributed by atoms with Crippen LogP contribution >= 0.6 is 11.3 Å². The fraction of sp³-hybridized carbons (Fsp3) is 0.318. The zero-order chi connectivity index (χ0) is 22.4. The van der Waals surface area contributed by atoms with Crippen molar-refractivity contribution in [1.29, 1.82) is 0 Å². The van der Waals surface area contributed by atoms with Crippen molar-refractivity contribution >= 4 is 40.3 Å². The van der Waals surface area contributed by atoms with Crippen LogP contribution in [0.2, 0.25) is 0 Å². The summed E-state index contributed by atoms with van der Waals surface area (Å²) in [6, 6.07) is 7.76. The van der Waals surface area contributed by atoms with E-state index in [4.69, 9.17) is 21.9 Å². The molecule has 0 bridgehead atoms. The lowest BCUT2D eigenvalue weighted by Crippen LogP contribution is -2.33. The molecule has 0 radical (unpaired) electrons. The monoisotopic (exact) mass is 442 g/mol. The van der Waals surface area contributed by atoms with Crippen LogP contribution in [0.25, 0.3) is 16.5 Å². The third-order valence-electron chi connectivity index (χ3n) is 5.02. The van der Waals surface area contributed by atoms with Crippen molar-refractivity contribution in [2.45, 2.75) is 44.2 Å². The third kappa shape index (κ3) is 6.16. The Morgan fingerprint density at radius 3 is 2.45 bits per heavy atom. The number of benzene rings is 1. The Labute approximate surface area is 184 Å². The summed E-state index contributed by atoms with van der Waals surface area (Å²) in [7, 11) is 0. The lowest BCUT2D eigenvalue weighted by atomic mass is 10.1. The molecule has 31 heavy (non-hydrogen) atoms. The predicted octanol–water partition coefficient (Wildman–Crippen LogP) is 3.22. The average molecular weight is 443 g/mol. The van der Waals surface area contributed by atoms with Gasteiger partial charge in [0.25, 0.3) is 5.91 Å². The summed E-state index contributed by atoms with van der Waals surface area (Å²) in [5, 5.41) is 2.74. The van der Waals surface area contributed by atoms with Gasteiger partial charge in [-0.15, -0.1) is 11.3 Å². The van der Waals surface area contributed by atoms with E-state index in [-0.39, 0.29) is 17.6 Å². The van der Waals surface area contributed by atoms with Crippen LogP contribution in [0.4, 0.5) is 9.80 Å². The summed E-state index contributed by atoms with van der Waals surface area (Å²) in [5.41, 5.74) is 18.5. The van der Waals surface area contributed by atoms with Crippen LogP contribution < -0.4 is 22.5 Å². The number of hydrogen-bond acceptors (Lipinski definition) is 6. The van der Waals surface area contributed by atoms with Crippen molar-refractivity contribution in [2.24, 2.45) is 17.2 Å². The number of ether oxygens (including phenoxy) is 1. The van der Waals surface area contributed by atoms with Gasteiger partial charge in [0.1, 0.15) is 17.1 Å². The van der Waals surface area contributed by atoms with Crippen molar-refractivity contribution in [3.05, 3.63) is 47.5 Å². The minimum absolute atomic E-state index is 0.0149. The van der Waals surface area contributed by atoms with Gasteiger partial charge in [0.05, 0.1) is 5.56 Å². The van der Waals surface area contributed by atoms with E-state index in [1.807, 2.05) is 36.4 Å². The Morgan fingerprint density at radius 2 is 1.84 bits per heavy atom. The lowest BCUT2D eigenvalue weighted by Gasteiger charge is -2.14. The van der Waals surface area contributed by atoms with Crippen LogP contribution in [0, 0.1) is 0 Å². The highest BCUT2D eigenvalue weighted by Crippen LogP contribution is 2.35. The Bertz CT molecular complexity index is 978. The number of primary amides is 2. The van der Waals surface area contributed by atoms with E-state index in [1.54, 1.807) is 6.07 Å². The molecule has 3 rings (SSSR count). The first kappa shape index (κ1) is 22.5. The standard InChI is InChI=1S/C22H26N4O4S/c23-17(21(28)30-15-5-1-2-6-15)7-3-4-13-8-10-14(11-9-13)18-12-16(19(24)27)20(31-18)26-22(25)29/h3-4,8-12,15,17H,1-2,5-7,23H2,(H2,24,27)(H3,25,26,29)/t17-/m0/s1. The molecule has 1 heterocycles. The maximum absolute atomic E-state index is 12.0. The zero-order valence-electron chi connectivity index (χ0n) is 17.0. The summed E-state index contributed by atoms with van der Waals surface area (Å²) in [4.78, 5) is 35.5. The molecule has 1 aromatic carbocycles. The highest BCUT2D eigenvalue weighted by atomic mass is 32.1. The molecule has 0 unspecified atom stereocenters. The molecule has 1 aromatic heterocycles. The summed E-state index contributed by atoms with van der Waals surface area (Å²) >= 11 is 1.21. The number of nitrogens with two attached hydrogens (primary N) is 3. The molecule has 3 amide bonds. The number of esters is 1. The maximum Gasteiger partial charge on any atom is 0.323 e. The van der Waals surface area contributed by atoms with Crippen molar-refractivity contribution < 1.29 is 19.1 Å². The number of nitrogens with one attached hydrogen (secondary N) is 1. The van der Waals surface area contributed by atoms with E-state index in [0.717, 1.165) is 41.7 Å². The smallest absolute Gasteiger partial charge is 0.323 e. The second-order valence-electron chi connectivity index (χ2n) is 7.42. The van der Waals surface area contributed by atoms with Crippen molar-refractivity contribution in [3.63, 3.8) is 0 Å². The van der Waals surface area contributed by atoms with Crippen LogP contribution in [0.15, 0.2) is 36.4 Å².